The topological polar surface area (TPSA) is 92.7 Å². The second-order valence-electron chi connectivity index (χ2n) is 6.43. The van der Waals surface area contributed by atoms with Crippen molar-refractivity contribution in [2.75, 3.05) is 5.32 Å². The van der Waals surface area contributed by atoms with E-state index in [1.807, 2.05) is 54.8 Å². The van der Waals surface area contributed by atoms with Gasteiger partial charge in [0.25, 0.3) is 5.56 Å². The van der Waals surface area contributed by atoms with Crippen molar-refractivity contribution in [2.24, 2.45) is 0 Å². The van der Waals surface area contributed by atoms with Crippen LogP contribution in [0.4, 0.5) is 5.82 Å². The number of nitrogens with one attached hydrogen (secondary N) is 2. The molecule has 8 heteroatoms. The van der Waals surface area contributed by atoms with Gasteiger partial charge in [-0.3, -0.25) is 14.6 Å². The van der Waals surface area contributed by atoms with Crippen molar-refractivity contribution in [3.05, 3.63) is 81.6 Å². The number of H-pyrrole nitrogens is 1. The van der Waals surface area contributed by atoms with Crippen LogP contribution in [0.2, 0.25) is 0 Å². The van der Waals surface area contributed by atoms with Crippen molar-refractivity contribution in [1.82, 2.24) is 19.7 Å². The highest BCUT2D eigenvalue weighted by Crippen LogP contribution is 2.27. The molecule has 0 aliphatic carbocycles. The van der Waals surface area contributed by atoms with Crippen LogP contribution in [0.25, 0.3) is 16.5 Å². The molecule has 4 rings (SSSR count). The first-order valence-electron chi connectivity index (χ1n) is 9.20. The second-order valence-corrected chi connectivity index (χ2v) is 7.38. The molecular weight excluding hydrogens is 386 g/mol. The van der Waals surface area contributed by atoms with Gasteiger partial charge >= 0.3 is 0 Å². The maximum absolute atomic E-state index is 12.6. The van der Waals surface area contributed by atoms with E-state index in [1.54, 1.807) is 17.4 Å². The number of amides is 1. The normalized spacial score (nSPS) is 10.8. The van der Waals surface area contributed by atoms with E-state index < -0.39 is 0 Å². The lowest BCUT2D eigenvalue weighted by Gasteiger charge is -2.09. The summed E-state index contributed by atoms with van der Waals surface area (Å²) in [6, 6.07) is 16.6. The lowest BCUT2D eigenvalue weighted by Crippen LogP contribution is -2.20. The molecule has 0 saturated carbocycles. The highest BCUT2D eigenvalue weighted by atomic mass is 32.1. The highest BCUT2D eigenvalue weighted by molar-refractivity contribution is 7.13. The average molecular weight is 405 g/mol. The lowest BCUT2D eigenvalue weighted by atomic mass is 10.1. The van der Waals surface area contributed by atoms with Crippen LogP contribution in [0, 0.1) is 0 Å². The number of rotatable bonds is 6. The van der Waals surface area contributed by atoms with Crippen molar-refractivity contribution in [2.45, 2.75) is 19.8 Å². The molecule has 3 aromatic heterocycles. The first-order chi connectivity index (χ1) is 14.1. The first kappa shape index (κ1) is 18.8. The Morgan fingerprint density at radius 3 is 2.72 bits per heavy atom. The van der Waals surface area contributed by atoms with Gasteiger partial charge in [0.15, 0.2) is 0 Å². The minimum Gasteiger partial charge on any atom is -0.310 e. The molecule has 0 radical (unpaired) electrons. The Labute approximate surface area is 171 Å². The zero-order chi connectivity index (χ0) is 20.2. The fourth-order valence-electron chi connectivity index (χ4n) is 2.92. The van der Waals surface area contributed by atoms with Crippen LogP contribution in [-0.2, 0) is 17.6 Å². The van der Waals surface area contributed by atoms with Gasteiger partial charge in [0.2, 0.25) is 11.9 Å². The Balaban J connectivity index is 1.71. The molecule has 7 nitrogen and oxygen atoms in total. The first-order valence-corrected chi connectivity index (χ1v) is 10.1. The molecule has 4 aromatic rings. The summed E-state index contributed by atoms with van der Waals surface area (Å²) < 4.78 is 1.47. The fourth-order valence-corrected chi connectivity index (χ4v) is 3.60. The molecule has 2 N–H and O–H groups in total. The van der Waals surface area contributed by atoms with Crippen molar-refractivity contribution in [3.8, 4) is 16.5 Å². The Morgan fingerprint density at radius 1 is 1.17 bits per heavy atom. The largest absolute Gasteiger partial charge is 0.310 e. The minimum atomic E-state index is -0.262. The molecule has 1 amide bonds. The second kappa shape index (κ2) is 8.24. The van der Waals surface area contributed by atoms with E-state index in [2.05, 4.69) is 20.4 Å². The third kappa shape index (κ3) is 4.33. The number of thiophene rings is 1. The van der Waals surface area contributed by atoms with E-state index >= 15 is 0 Å². The SMILES string of the molecule is CCc1cc(=O)[nH]c(-n2nc(-c3cccs3)cc2NC(=O)Cc2ccccc2)n1. The van der Waals surface area contributed by atoms with Crippen LogP contribution >= 0.6 is 11.3 Å². The summed E-state index contributed by atoms with van der Waals surface area (Å²) in [7, 11) is 0. The van der Waals surface area contributed by atoms with Gasteiger partial charge in [-0.2, -0.15) is 9.78 Å². The number of aryl methyl sites for hydroxylation is 1. The quantitative estimate of drug-likeness (QED) is 0.514. The summed E-state index contributed by atoms with van der Waals surface area (Å²) in [6.45, 7) is 1.92. The van der Waals surface area contributed by atoms with Crippen LogP contribution in [0.15, 0.2) is 64.8 Å². The number of aromatic nitrogens is 4. The number of carbonyl (C=O) groups is 1. The smallest absolute Gasteiger partial charge is 0.252 e. The predicted octanol–water partition coefficient (Wildman–Crippen LogP) is 3.43. The molecule has 146 valence electrons. The Hall–Kier alpha value is -3.52. The summed E-state index contributed by atoms with van der Waals surface area (Å²) in [5.41, 5.74) is 1.99. The fraction of sp³-hybridized carbons (Fsp3) is 0.143. The molecule has 1 aromatic carbocycles. The molecule has 0 atom stereocenters. The van der Waals surface area contributed by atoms with Gasteiger partial charge in [-0.15, -0.1) is 11.3 Å². The average Bonchev–Trinajstić information content (AvgIpc) is 3.38. The zero-order valence-electron chi connectivity index (χ0n) is 15.8. The monoisotopic (exact) mass is 405 g/mol. The molecule has 0 unspecified atom stereocenters. The van der Waals surface area contributed by atoms with Gasteiger partial charge in [-0.1, -0.05) is 43.3 Å². The van der Waals surface area contributed by atoms with Crippen LogP contribution in [0.3, 0.4) is 0 Å². The van der Waals surface area contributed by atoms with Crippen LogP contribution < -0.4 is 10.9 Å². The Bertz CT molecular complexity index is 1180. The molecule has 0 saturated heterocycles. The van der Waals surface area contributed by atoms with Crippen LogP contribution in [0.5, 0.6) is 0 Å². The number of anilines is 1. The summed E-state index contributed by atoms with van der Waals surface area (Å²) in [6.07, 6.45) is 0.852. The standard InChI is InChI=1S/C21H19N5O2S/c1-2-15-12-20(28)24-21(22-15)26-18(13-16(25-26)17-9-6-10-29-17)23-19(27)11-14-7-4-3-5-8-14/h3-10,12-13H,2,11H2,1H3,(H,23,27)(H,22,24,28). The Morgan fingerprint density at radius 2 is 2.00 bits per heavy atom. The third-order valence-corrected chi connectivity index (χ3v) is 5.20. The van der Waals surface area contributed by atoms with E-state index in [1.165, 1.54) is 10.7 Å². The maximum atomic E-state index is 12.6. The molecular formula is C21H19N5O2S. The molecule has 3 heterocycles. The van der Waals surface area contributed by atoms with E-state index in [0.717, 1.165) is 10.4 Å². The van der Waals surface area contributed by atoms with E-state index in [-0.39, 0.29) is 23.8 Å². The van der Waals surface area contributed by atoms with Crippen LogP contribution in [-0.4, -0.2) is 25.7 Å². The van der Waals surface area contributed by atoms with Gasteiger partial charge in [0.05, 0.1) is 11.3 Å². The highest BCUT2D eigenvalue weighted by Gasteiger charge is 2.16. The summed E-state index contributed by atoms with van der Waals surface area (Å²) in [4.78, 5) is 32.8. The number of hydrogen-bond donors (Lipinski definition) is 2. The molecule has 29 heavy (non-hydrogen) atoms. The summed E-state index contributed by atoms with van der Waals surface area (Å²) in [5, 5.41) is 9.44. The molecule has 0 fully saturated rings. The molecule has 0 spiro atoms. The van der Waals surface area contributed by atoms with Crippen molar-refractivity contribution in [3.63, 3.8) is 0 Å². The number of benzene rings is 1. The van der Waals surface area contributed by atoms with E-state index in [4.69, 9.17) is 0 Å². The van der Waals surface area contributed by atoms with Crippen molar-refractivity contribution in [1.29, 1.82) is 0 Å². The predicted molar refractivity (Wildman–Crippen MR) is 113 cm³/mol. The zero-order valence-corrected chi connectivity index (χ0v) is 16.6. The van der Waals surface area contributed by atoms with Gasteiger partial charge < -0.3 is 5.32 Å². The Kier molecular flexibility index (Phi) is 5.35. The molecule has 0 aliphatic rings. The number of hydrogen-bond acceptors (Lipinski definition) is 5. The van der Waals surface area contributed by atoms with Gasteiger partial charge in [0, 0.05) is 17.8 Å². The minimum absolute atomic E-state index is 0.177. The van der Waals surface area contributed by atoms with Gasteiger partial charge in [-0.05, 0) is 23.4 Å². The third-order valence-electron chi connectivity index (χ3n) is 4.30. The van der Waals surface area contributed by atoms with Gasteiger partial charge in [0.1, 0.15) is 11.5 Å². The summed E-state index contributed by atoms with van der Waals surface area (Å²) >= 11 is 1.54. The van der Waals surface area contributed by atoms with E-state index in [0.29, 0.717) is 23.6 Å². The molecule has 0 bridgehead atoms. The van der Waals surface area contributed by atoms with Crippen molar-refractivity contribution >= 4 is 23.1 Å². The number of carbonyl (C=O) groups excluding carboxylic acids is 1. The summed E-state index contributed by atoms with van der Waals surface area (Å²) in [5.74, 6) is 0.543. The number of aromatic amines is 1. The number of nitrogens with zero attached hydrogens (tertiary/aromatic N) is 3. The lowest BCUT2D eigenvalue weighted by molar-refractivity contribution is -0.115. The van der Waals surface area contributed by atoms with Gasteiger partial charge in [-0.25, -0.2) is 4.98 Å². The van der Waals surface area contributed by atoms with E-state index in [9.17, 15) is 9.59 Å². The van der Waals surface area contributed by atoms with Crippen LogP contribution in [0.1, 0.15) is 18.2 Å². The van der Waals surface area contributed by atoms with Crippen molar-refractivity contribution < 1.29 is 4.79 Å². The maximum Gasteiger partial charge on any atom is 0.252 e. The molecule has 0 aliphatic heterocycles.